The van der Waals surface area contributed by atoms with Crippen molar-refractivity contribution in [1.29, 1.82) is 0 Å². The SMILES string of the molecule is [CH2]Cc1ccc(OC(F)F)c(F)c1. The molecular formula is C9H8F3O. The average Bonchev–Trinajstić information content (AvgIpc) is 2.08. The molecule has 13 heavy (non-hydrogen) atoms. The topological polar surface area (TPSA) is 9.23 Å². The molecule has 0 saturated heterocycles. The van der Waals surface area contributed by atoms with Crippen LogP contribution in [0.15, 0.2) is 18.2 Å². The minimum Gasteiger partial charge on any atom is -0.432 e. The molecule has 4 heteroatoms. The molecule has 0 aromatic heterocycles. The van der Waals surface area contributed by atoms with Crippen LogP contribution in [0.1, 0.15) is 5.56 Å². The maximum absolute atomic E-state index is 12.9. The molecular weight excluding hydrogens is 181 g/mol. The highest BCUT2D eigenvalue weighted by Crippen LogP contribution is 2.20. The van der Waals surface area contributed by atoms with Gasteiger partial charge in [-0.05, 0) is 31.0 Å². The molecule has 0 atom stereocenters. The monoisotopic (exact) mass is 189 g/mol. The first-order chi connectivity index (χ1) is 6.13. The molecule has 0 aliphatic carbocycles. The molecule has 0 spiro atoms. The van der Waals surface area contributed by atoms with E-state index < -0.39 is 18.2 Å². The van der Waals surface area contributed by atoms with Gasteiger partial charge in [0.25, 0.3) is 0 Å². The van der Waals surface area contributed by atoms with Gasteiger partial charge in [0.05, 0.1) is 0 Å². The zero-order valence-electron chi connectivity index (χ0n) is 6.77. The largest absolute Gasteiger partial charge is 0.432 e. The fourth-order valence-electron chi connectivity index (χ4n) is 0.891. The molecule has 0 aliphatic rings. The van der Waals surface area contributed by atoms with E-state index >= 15 is 0 Å². The Bertz CT molecular complexity index is 286. The Hall–Kier alpha value is -1.19. The van der Waals surface area contributed by atoms with E-state index in [2.05, 4.69) is 11.7 Å². The number of alkyl halides is 2. The van der Waals surface area contributed by atoms with E-state index in [4.69, 9.17) is 0 Å². The number of hydrogen-bond donors (Lipinski definition) is 0. The van der Waals surface area contributed by atoms with Crippen molar-refractivity contribution in [2.45, 2.75) is 13.0 Å². The summed E-state index contributed by atoms with van der Waals surface area (Å²) >= 11 is 0. The summed E-state index contributed by atoms with van der Waals surface area (Å²) in [5.41, 5.74) is 0.638. The van der Waals surface area contributed by atoms with Crippen molar-refractivity contribution in [3.63, 3.8) is 0 Å². The van der Waals surface area contributed by atoms with Crippen molar-refractivity contribution in [3.8, 4) is 5.75 Å². The predicted molar refractivity (Wildman–Crippen MR) is 42.1 cm³/mol. The van der Waals surface area contributed by atoms with Gasteiger partial charge in [-0.2, -0.15) is 8.78 Å². The van der Waals surface area contributed by atoms with Gasteiger partial charge in [0, 0.05) is 0 Å². The van der Waals surface area contributed by atoms with Gasteiger partial charge in [-0.25, -0.2) is 4.39 Å². The van der Waals surface area contributed by atoms with Crippen LogP contribution in [0, 0.1) is 12.7 Å². The first-order valence-electron chi connectivity index (χ1n) is 3.66. The Kier molecular flexibility index (Phi) is 3.17. The van der Waals surface area contributed by atoms with Crippen molar-refractivity contribution < 1.29 is 17.9 Å². The Balaban J connectivity index is 2.85. The van der Waals surface area contributed by atoms with E-state index in [1.807, 2.05) is 0 Å². The van der Waals surface area contributed by atoms with Crippen molar-refractivity contribution in [2.75, 3.05) is 0 Å². The standard InChI is InChI=1S/C9H8F3O/c1-2-6-3-4-8(7(10)5-6)13-9(11)12/h3-5,9H,1-2H2. The van der Waals surface area contributed by atoms with Gasteiger partial charge in [-0.15, -0.1) is 0 Å². The second-order valence-electron chi connectivity index (χ2n) is 2.39. The maximum atomic E-state index is 12.9. The lowest BCUT2D eigenvalue weighted by molar-refractivity contribution is -0.0522. The van der Waals surface area contributed by atoms with Crippen LogP contribution in [0.5, 0.6) is 5.75 Å². The van der Waals surface area contributed by atoms with Gasteiger partial charge in [0.1, 0.15) is 0 Å². The van der Waals surface area contributed by atoms with Gasteiger partial charge in [-0.3, -0.25) is 0 Å². The number of rotatable bonds is 3. The molecule has 0 fully saturated rings. The normalized spacial score (nSPS) is 10.5. The molecule has 0 heterocycles. The Morgan fingerprint density at radius 1 is 1.38 bits per heavy atom. The minimum atomic E-state index is -3.00. The second kappa shape index (κ2) is 4.16. The van der Waals surface area contributed by atoms with Crippen LogP contribution in [-0.2, 0) is 6.42 Å². The lowest BCUT2D eigenvalue weighted by Gasteiger charge is -2.06. The van der Waals surface area contributed by atoms with Gasteiger partial charge in [-0.1, -0.05) is 6.07 Å². The summed E-state index contributed by atoms with van der Waals surface area (Å²) in [6, 6.07) is 3.79. The number of benzene rings is 1. The molecule has 0 amide bonds. The van der Waals surface area contributed by atoms with Gasteiger partial charge in [0.15, 0.2) is 11.6 Å². The Labute approximate surface area is 74.1 Å². The van der Waals surface area contributed by atoms with E-state index in [1.165, 1.54) is 12.1 Å². The number of hydrogen-bond acceptors (Lipinski definition) is 1. The summed E-state index contributed by atoms with van der Waals surface area (Å²) in [6.07, 6.45) is 0.409. The molecule has 0 unspecified atom stereocenters. The highest BCUT2D eigenvalue weighted by Gasteiger charge is 2.09. The van der Waals surface area contributed by atoms with Crippen molar-refractivity contribution in [1.82, 2.24) is 0 Å². The first kappa shape index (κ1) is 9.89. The van der Waals surface area contributed by atoms with E-state index in [0.29, 0.717) is 12.0 Å². The van der Waals surface area contributed by atoms with Crippen LogP contribution >= 0.6 is 0 Å². The molecule has 0 N–H and O–H groups in total. The van der Waals surface area contributed by atoms with Crippen LogP contribution < -0.4 is 4.74 Å². The average molecular weight is 189 g/mol. The van der Waals surface area contributed by atoms with E-state index in [9.17, 15) is 13.2 Å². The number of halogens is 3. The van der Waals surface area contributed by atoms with Gasteiger partial charge < -0.3 is 4.74 Å². The highest BCUT2D eigenvalue weighted by molar-refractivity contribution is 5.29. The predicted octanol–water partition coefficient (Wildman–Crippen LogP) is 2.80. The van der Waals surface area contributed by atoms with Crippen LogP contribution in [-0.4, -0.2) is 6.61 Å². The maximum Gasteiger partial charge on any atom is 0.387 e. The molecule has 1 rings (SSSR count). The third-order valence-corrected chi connectivity index (χ3v) is 1.50. The molecule has 1 nitrogen and oxygen atoms in total. The lowest BCUT2D eigenvalue weighted by Crippen LogP contribution is -2.03. The molecule has 1 aromatic rings. The van der Waals surface area contributed by atoms with E-state index in [0.717, 1.165) is 6.07 Å². The summed E-state index contributed by atoms with van der Waals surface area (Å²) in [4.78, 5) is 0. The zero-order chi connectivity index (χ0) is 9.84. The van der Waals surface area contributed by atoms with E-state index in [-0.39, 0.29) is 0 Å². The first-order valence-corrected chi connectivity index (χ1v) is 3.66. The van der Waals surface area contributed by atoms with Crippen molar-refractivity contribution in [2.24, 2.45) is 0 Å². The molecule has 1 radical (unpaired) electrons. The quantitative estimate of drug-likeness (QED) is 0.710. The number of ether oxygens (including phenoxy) is 1. The summed E-state index contributed by atoms with van der Waals surface area (Å²) in [6.45, 7) is 0.532. The van der Waals surface area contributed by atoms with Crippen molar-refractivity contribution in [3.05, 3.63) is 36.5 Å². The smallest absolute Gasteiger partial charge is 0.387 e. The van der Waals surface area contributed by atoms with Gasteiger partial charge >= 0.3 is 6.61 Å². The summed E-state index contributed by atoms with van der Waals surface area (Å²) < 4.78 is 40.2. The highest BCUT2D eigenvalue weighted by atomic mass is 19.3. The Morgan fingerprint density at radius 3 is 2.54 bits per heavy atom. The van der Waals surface area contributed by atoms with Crippen LogP contribution in [0.2, 0.25) is 0 Å². The van der Waals surface area contributed by atoms with Gasteiger partial charge in [0.2, 0.25) is 0 Å². The molecule has 0 aliphatic heterocycles. The van der Waals surface area contributed by atoms with Crippen LogP contribution in [0.4, 0.5) is 13.2 Å². The van der Waals surface area contributed by atoms with E-state index in [1.54, 1.807) is 0 Å². The second-order valence-corrected chi connectivity index (χ2v) is 2.39. The summed E-state index contributed by atoms with van der Waals surface area (Å²) in [7, 11) is 0. The molecule has 0 bridgehead atoms. The zero-order valence-corrected chi connectivity index (χ0v) is 6.77. The molecule has 1 aromatic carbocycles. The third-order valence-electron chi connectivity index (χ3n) is 1.50. The fourth-order valence-corrected chi connectivity index (χ4v) is 0.891. The summed E-state index contributed by atoms with van der Waals surface area (Å²) in [5.74, 6) is -1.23. The summed E-state index contributed by atoms with van der Waals surface area (Å²) in [5, 5.41) is 0. The Morgan fingerprint density at radius 2 is 2.08 bits per heavy atom. The van der Waals surface area contributed by atoms with Crippen LogP contribution in [0.25, 0.3) is 0 Å². The van der Waals surface area contributed by atoms with Crippen LogP contribution in [0.3, 0.4) is 0 Å². The fraction of sp³-hybridized carbons (Fsp3) is 0.222. The molecule has 0 saturated carbocycles. The lowest BCUT2D eigenvalue weighted by atomic mass is 10.1. The molecule has 71 valence electrons. The third kappa shape index (κ3) is 2.65. The minimum absolute atomic E-state index is 0.409. The van der Waals surface area contributed by atoms with Crippen molar-refractivity contribution >= 4 is 0 Å².